The van der Waals surface area contributed by atoms with Crippen molar-refractivity contribution in [1.82, 2.24) is 4.31 Å². The highest BCUT2D eigenvalue weighted by atomic mass is 35.5. The van der Waals surface area contributed by atoms with E-state index in [1.807, 2.05) is 20.8 Å². The highest BCUT2D eigenvalue weighted by molar-refractivity contribution is 7.89. The third-order valence-electron chi connectivity index (χ3n) is 3.53. The molecule has 21 heavy (non-hydrogen) atoms. The Morgan fingerprint density at radius 2 is 2.10 bits per heavy atom. The van der Waals surface area contributed by atoms with Crippen LogP contribution in [-0.2, 0) is 14.8 Å². The number of nitrogens with zero attached hydrogens (tertiary/aromatic N) is 1. The van der Waals surface area contributed by atoms with Crippen LogP contribution in [0.2, 0.25) is 5.02 Å². The smallest absolute Gasteiger partial charge is 0.243 e. The van der Waals surface area contributed by atoms with E-state index in [1.165, 1.54) is 23.5 Å². The highest BCUT2D eigenvalue weighted by Gasteiger charge is 2.41. The van der Waals surface area contributed by atoms with E-state index in [1.54, 1.807) is 6.07 Å². The lowest BCUT2D eigenvalue weighted by Gasteiger charge is -2.43. The first-order chi connectivity index (χ1) is 9.68. The van der Waals surface area contributed by atoms with Gasteiger partial charge in [-0.2, -0.15) is 4.31 Å². The van der Waals surface area contributed by atoms with Crippen molar-refractivity contribution in [3.63, 3.8) is 0 Å². The van der Waals surface area contributed by atoms with Crippen molar-refractivity contribution in [1.29, 1.82) is 0 Å². The molecule has 1 aliphatic heterocycles. The quantitative estimate of drug-likeness (QED) is 0.853. The summed E-state index contributed by atoms with van der Waals surface area (Å²) in [6.07, 6.45) is -0.137. The number of rotatable bonds is 3. The summed E-state index contributed by atoms with van der Waals surface area (Å²) in [5.41, 5.74) is -0.599. The maximum atomic E-state index is 12.9. The van der Waals surface area contributed by atoms with Gasteiger partial charge in [0.05, 0.1) is 35.3 Å². The second-order valence-corrected chi connectivity index (χ2v) is 8.04. The number of hydrogen-bond donors (Lipinski definition) is 0. The molecule has 0 saturated carbocycles. The molecule has 0 amide bonds. The van der Waals surface area contributed by atoms with Crippen LogP contribution in [0.1, 0.15) is 20.8 Å². The fourth-order valence-corrected chi connectivity index (χ4v) is 4.50. The standard InChI is InChI=1S/C14H20ClNO4S/c1-10-8-16(14(2,3)9-20-10)21(17,18)11-5-6-13(19-4)12(15)7-11/h5-7,10H,8-9H2,1-4H3. The Hall–Kier alpha value is -0.820. The topological polar surface area (TPSA) is 55.8 Å². The summed E-state index contributed by atoms with van der Waals surface area (Å²) in [6, 6.07) is 4.49. The molecule has 5 nitrogen and oxygen atoms in total. The van der Waals surface area contributed by atoms with E-state index in [2.05, 4.69) is 0 Å². The summed E-state index contributed by atoms with van der Waals surface area (Å²) >= 11 is 6.04. The van der Waals surface area contributed by atoms with E-state index in [9.17, 15) is 8.42 Å². The predicted octanol–water partition coefficient (Wildman–Crippen LogP) is 2.54. The SMILES string of the molecule is COc1ccc(S(=O)(=O)N2CC(C)OCC2(C)C)cc1Cl. The Balaban J connectivity index is 2.43. The second-order valence-electron chi connectivity index (χ2n) is 5.77. The van der Waals surface area contributed by atoms with Crippen LogP contribution in [0, 0.1) is 0 Å². The van der Waals surface area contributed by atoms with Gasteiger partial charge in [0, 0.05) is 6.54 Å². The van der Waals surface area contributed by atoms with Gasteiger partial charge in [-0.15, -0.1) is 0 Å². The molecule has 1 aromatic carbocycles. The summed E-state index contributed by atoms with van der Waals surface area (Å²) in [7, 11) is -2.15. The fourth-order valence-electron chi connectivity index (χ4n) is 2.31. The molecule has 1 heterocycles. The van der Waals surface area contributed by atoms with E-state index in [4.69, 9.17) is 21.1 Å². The minimum absolute atomic E-state index is 0.137. The van der Waals surface area contributed by atoms with Crippen LogP contribution in [0.25, 0.3) is 0 Å². The molecule has 0 aliphatic carbocycles. The molecular formula is C14H20ClNO4S. The summed E-state index contributed by atoms with van der Waals surface area (Å²) in [5, 5.41) is 0.276. The zero-order valence-corrected chi connectivity index (χ0v) is 14.2. The number of morpholine rings is 1. The Labute approximate surface area is 130 Å². The normalized spacial score (nSPS) is 23.0. The van der Waals surface area contributed by atoms with Gasteiger partial charge in [-0.3, -0.25) is 0 Å². The molecule has 0 aromatic heterocycles. The summed E-state index contributed by atoms with van der Waals surface area (Å²) in [4.78, 5) is 0.162. The third kappa shape index (κ3) is 3.18. The van der Waals surface area contributed by atoms with Crippen LogP contribution < -0.4 is 4.74 Å². The van der Waals surface area contributed by atoms with Crippen molar-refractivity contribution in [2.45, 2.75) is 37.3 Å². The minimum atomic E-state index is -3.64. The summed E-state index contributed by atoms with van der Waals surface area (Å²) in [6.45, 7) is 6.23. The van der Waals surface area contributed by atoms with E-state index in [0.717, 1.165) is 0 Å². The molecule has 7 heteroatoms. The predicted molar refractivity (Wildman–Crippen MR) is 81.4 cm³/mol. The molecule has 118 valence electrons. The number of sulfonamides is 1. The molecule has 1 fully saturated rings. The van der Waals surface area contributed by atoms with Gasteiger partial charge in [0.25, 0.3) is 0 Å². The van der Waals surface area contributed by atoms with Crippen molar-refractivity contribution in [2.75, 3.05) is 20.3 Å². The van der Waals surface area contributed by atoms with Crippen LogP contribution in [-0.4, -0.2) is 44.6 Å². The number of hydrogen-bond acceptors (Lipinski definition) is 4. The van der Waals surface area contributed by atoms with E-state index in [-0.39, 0.29) is 16.0 Å². The number of ether oxygens (including phenoxy) is 2. The van der Waals surface area contributed by atoms with Gasteiger partial charge in [-0.05, 0) is 39.0 Å². The highest BCUT2D eigenvalue weighted by Crippen LogP contribution is 2.32. The zero-order valence-electron chi connectivity index (χ0n) is 12.6. The lowest BCUT2D eigenvalue weighted by molar-refractivity contribution is -0.0551. The Morgan fingerprint density at radius 3 is 2.67 bits per heavy atom. The summed E-state index contributed by atoms with van der Waals surface area (Å²) in [5.74, 6) is 0.449. The molecule has 0 spiro atoms. The Kier molecular flexibility index (Phi) is 4.54. The molecule has 1 aromatic rings. The van der Waals surface area contributed by atoms with Crippen LogP contribution in [0.5, 0.6) is 5.75 Å². The molecular weight excluding hydrogens is 314 g/mol. The van der Waals surface area contributed by atoms with Crippen molar-refractivity contribution >= 4 is 21.6 Å². The molecule has 2 rings (SSSR count). The van der Waals surface area contributed by atoms with Crippen molar-refractivity contribution in [3.8, 4) is 5.75 Å². The zero-order chi connectivity index (χ0) is 15.8. The van der Waals surface area contributed by atoms with Gasteiger partial charge < -0.3 is 9.47 Å². The first-order valence-electron chi connectivity index (χ1n) is 6.66. The fraction of sp³-hybridized carbons (Fsp3) is 0.571. The van der Waals surface area contributed by atoms with Crippen LogP contribution in [0.15, 0.2) is 23.1 Å². The van der Waals surface area contributed by atoms with E-state index >= 15 is 0 Å². The average Bonchev–Trinajstić information content (AvgIpc) is 2.41. The maximum absolute atomic E-state index is 12.9. The second kappa shape index (κ2) is 5.76. The Morgan fingerprint density at radius 1 is 1.43 bits per heavy atom. The van der Waals surface area contributed by atoms with Gasteiger partial charge in [0.2, 0.25) is 10.0 Å². The molecule has 0 bridgehead atoms. The minimum Gasteiger partial charge on any atom is -0.495 e. The maximum Gasteiger partial charge on any atom is 0.243 e. The largest absolute Gasteiger partial charge is 0.495 e. The van der Waals surface area contributed by atoms with Crippen molar-refractivity contribution in [2.24, 2.45) is 0 Å². The van der Waals surface area contributed by atoms with Gasteiger partial charge in [0.1, 0.15) is 5.75 Å². The van der Waals surface area contributed by atoms with Crippen LogP contribution in [0.4, 0.5) is 0 Å². The number of halogens is 1. The lowest BCUT2D eigenvalue weighted by Crippen LogP contribution is -2.57. The molecule has 1 saturated heterocycles. The first kappa shape index (κ1) is 16.5. The van der Waals surface area contributed by atoms with Crippen molar-refractivity contribution < 1.29 is 17.9 Å². The van der Waals surface area contributed by atoms with E-state index in [0.29, 0.717) is 18.9 Å². The number of methoxy groups -OCH3 is 1. The molecule has 1 unspecified atom stereocenters. The van der Waals surface area contributed by atoms with E-state index < -0.39 is 15.6 Å². The third-order valence-corrected chi connectivity index (χ3v) is 5.90. The van der Waals surface area contributed by atoms with Gasteiger partial charge in [0.15, 0.2) is 0 Å². The molecule has 1 atom stereocenters. The summed E-state index contributed by atoms with van der Waals surface area (Å²) < 4.78 is 37.8. The van der Waals surface area contributed by atoms with Crippen LogP contribution in [0.3, 0.4) is 0 Å². The monoisotopic (exact) mass is 333 g/mol. The average molecular weight is 334 g/mol. The Bertz CT molecular complexity index is 630. The van der Waals surface area contributed by atoms with Gasteiger partial charge in [-0.1, -0.05) is 11.6 Å². The van der Waals surface area contributed by atoms with Crippen molar-refractivity contribution in [3.05, 3.63) is 23.2 Å². The lowest BCUT2D eigenvalue weighted by atomic mass is 10.1. The molecule has 0 N–H and O–H groups in total. The van der Waals surface area contributed by atoms with Gasteiger partial charge >= 0.3 is 0 Å². The molecule has 1 aliphatic rings. The van der Waals surface area contributed by atoms with Gasteiger partial charge in [-0.25, -0.2) is 8.42 Å². The van der Waals surface area contributed by atoms with Crippen LogP contribution >= 0.6 is 11.6 Å². The number of benzene rings is 1. The first-order valence-corrected chi connectivity index (χ1v) is 8.48. The molecule has 0 radical (unpaired) electrons.